The van der Waals surface area contributed by atoms with Crippen LogP contribution in [0.2, 0.25) is 0 Å². The summed E-state index contributed by atoms with van der Waals surface area (Å²) < 4.78 is 35.2. The summed E-state index contributed by atoms with van der Waals surface area (Å²) in [5.41, 5.74) is 0. The van der Waals surface area contributed by atoms with E-state index in [2.05, 4.69) is 4.98 Å². The lowest BCUT2D eigenvalue weighted by Gasteiger charge is -2.02. The fourth-order valence-corrected chi connectivity index (χ4v) is 1.13. The molecule has 0 unspecified atom stereocenters. The minimum atomic E-state index is -4.80. The van der Waals surface area contributed by atoms with Crippen molar-refractivity contribution in [2.75, 3.05) is 0 Å². The van der Waals surface area contributed by atoms with E-state index in [0.29, 0.717) is 0 Å². The summed E-state index contributed by atoms with van der Waals surface area (Å²) in [4.78, 5) is 14.0. The van der Waals surface area contributed by atoms with E-state index in [9.17, 15) is 18.0 Å². The number of hydrogen-bond donors (Lipinski definition) is 0. The molecule has 0 N–H and O–H groups in total. The molecule has 0 radical (unpaired) electrons. The SMILES string of the molecule is O=C(Sc1ccccn1)C(F)(F)F. The topological polar surface area (TPSA) is 30.0 Å². The van der Waals surface area contributed by atoms with Gasteiger partial charge in [-0.05, 0) is 23.9 Å². The van der Waals surface area contributed by atoms with Gasteiger partial charge >= 0.3 is 6.18 Å². The number of hydrogen-bond acceptors (Lipinski definition) is 3. The highest BCUT2D eigenvalue weighted by atomic mass is 32.2. The molecular formula is C7H4F3NOS. The Balaban J connectivity index is 2.66. The van der Waals surface area contributed by atoms with E-state index in [0.717, 1.165) is 0 Å². The highest BCUT2D eigenvalue weighted by Crippen LogP contribution is 2.27. The molecule has 0 amide bonds. The fourth-order valence-electron chi connectivity index (χ4n) is 0.560. The number of aromatic nitrogens is 1. The van der Waals surface area contributed by atoms with Gasteiger partial charge in [-0.1, -0.05) is 6.07 Å². The Labute approximate surface area is 76.2 Å². The van der Waals surface area contributed by atoms with Crippen LogP contribution in [0.15, 0.2) is 29.4 Å². The third-order valence-corrected chi connectivity index (χ3v) is 1.93. The molecular weight excluding hydrogens is 203 g/mol. The molecule has 0 aliphatic heterocycles. The summed E-state index contributed by atoms with van der Waals surface area (Å²) in [5, 5.41) is -1.81. The zero-order valence-corrected chi connectivity index (χ0v) is 7.02. The van der Waals surface area contributed by atoms with E-state index < -0.39 is 11.3 Å². The number of carbonyl (C=O) groups excluding carboxylic acids is 1. The summed E-state index contributed by atoms with van der Waals surface area (Å²) in [6.07, 6.45) is -3.48. The lowest BCUT2D eigenvalue weighted by molar-refractivity contribution is -0.160. The predicted octanol–water partition coefficient (Wildman–Crippen LogP) is 2.26. The minimum absolute atomic E-state index is 0.0461. The first-order valence-corrected chi connectivity index (χ1v) is 4.02. The lowest BCUT2D eigenvalue weighted by atomic mass is 10.5. The standard InChI is InChI=1S/C7H4F3NOS/c8-7(9,10)6(12)13-5-3-1-2-4-11-5/h1-4H. The molecule has 0 bridgehead atoms. The Kier molecular flexibility index (Phi) is 2.92. The molecule has 1 aromatic rings. The van der Waals surface area contributed by atoms with E-state index >= 15 is 0 Å². The molecule has 0 saturated carbocycles. The van der Waals surface area contributed by atoms with Gasteiger partial charge in [-0.3, -0.25) is 4.79 Å². The van der Waals surface area contributed by atoms with Crippen LogP contribution in [0, 0.1) is 0 Å². The van der Waals surface area contributed by atoms with Gasteiger partial charge in [0, 0.05) is 6.20 Å². The first-order chi connectivity index (χ1) is 6.00. The van der Waals surface area contributed by atoms with Crippen molar-refractivity contribution < 1.29 is 18.0 Å². The first kappa shape index (κ1) is 10.0. The maximum absolute atomic E-state index is 11.7. The number of nitrogens with zero attached hydrogens (tertiary/aromatic N) is 1. The summed E-state index contributed by atoms with van der Waals surface area (Å²) in [6.45, 7) is 0. The molecule has 70 valence electrons. The maximum Gasteiger partial charge on any atom is 0.461 e. The third-order valence-electron chi connectivity index (χ3n) is 1.07. The van der Waals surface area contributed by atoms with Gasteiger partial charge in [-0.2, -0.15) is 13.2 Å². The number of rotatable bonds is 1. The van der Waals surface area contributed by atoms with E-state index in [1.807, 2.05) is 0 Å². The van der Waals surface area contributed by atoms with Gasteiger partial charge in [0.15, 0.2) is 0 Å². The highest BCUT2D eigenvalue weighted by Gasteiger charge is 2.39. The van der Waals surface area contributed by atoms with Crippen LogP contribution in [0.4, 0.5) is 13.2 Å². The van der Waals surface area contributed by atoms with Gasteiger partial charge < -0.3 is 0 Å². The van der Waals surface area contributed by atoms with Gasteiger partial charge in [0.25, 0.3) is 5.12 Å². The molecule has 13 heavy (non-hydrogen) atoms. The van der Waals surface area contributed by atoms with Crippen LogP contribution >= 0.6 is 11.8 Å². The molecule has 1 heterocycles. The Morgan fingerprint density at radius 1 is 1.38 bits per heavy atom. The number of pyridine rings is 1. The minimum Gasteiger partial charge on any atom is -0.276 e. The molecule has 1 rings (SSSR count). The smallest absolute Gasteiger partial charge is 0.276 e. The monoisotopic (exact) mass is 207 g/mol. The van der Waals surface area contributed by atoms with Crippen LogP contribution in [-0.4, -0.2) is 16.3 Å². The summed E-state index contributed by atoms with van der Waals surface area (Å²) in [6, 6.07) is 4.41. The second kappa shape index (κ2) is 3.78. The number of halogens is 3. The molecule has 0 atom stereocenters. The lowest BCUT2D eigenvalue weighted by Crippen LogP contribution is -2.18. The molecule has 0 spiro atoms. The van der Waals surface area contributed by atoms with Gasteiger partial charge in [0.2, 0.25) is 0 Å². The van der Waals surface area contributed by atoms with Crippen molar-refractivity contribution in [2.45, 2.75) is 11.2 Å². The average Bonchev–Trinajstić information content (AvgIpc) is 2.04. The van der Waals surface area contributed by atoms with E-state index in [1.165, 1.54) is 18.3 Å². The highest BCUT2D eigenvalue weighted by molar-refractivity contribution is 8.13. The normalized spacial score (nSPS) is 11.3. The number of alkyl halides is 3. The van der Waals surface area contributed by atoms with E-state index in [-0.39, 0.29) is 16.8 Å². The molecule has 6 heteroatoms. The Hall–Kier alpha value is -1.04. The van der Waals surface area contributed by atoms with Gasteiger partial charge in [0.05, 0.1) is 0 Å². The Bertz CT molecular complexity index is 298. The molecule has 0 aliphatic rings. The van der Waals surface area contributed by atoms with Crippen molar-refractivity contribution in [2.24, 2.45) is 0 Å². The quantitative estimate of drug-likeness (QED) is 0.661. The zero-order chi connectivity index (χ0) is 9.90. The first-order valence-electron chi connectivity index (χ1n) is 3.20. The van der Waals surface area contributed by atoms with Crippen molar-refractivity contribution in [3.05, 3.63) is 24.4 Å². The van der Waals surface area contributed by atoms with Gasteiger partial charge in [-0.25, -0.2) is 4.98 Å². The zero-order valence-electron chi connectivity index (χ0n) is 6.21. The predicted molar refractivity (Wildman–Crippen MR) is 41.2 cm³/mol. The summed E-state index contributed by atoms with van der Waals surface area (Å²) in [5.74, 6) is 0. The molecule has 0 aromatic carbocycles. The van der Waals surface area contributed by atoms with Crippen molar-refractivity contribution in [3.63, 3.8) is 0 Å². The van der Waals surface area contributed by atoms with Crippen LogP contribution in [-0.2, 0) is 4.79 Å². The summed E-state index contributed by atoms with van der Waals surface area (Å²) >= 11 is 0.0755. The van der Waals surface area contributed by atoms with Crippen molar-refractivity contribution in [1.29, 1.82) is 0 Å². The molecule has 2 nitrogen and oxygen atoms in total. The number of thioether (sulfide) groups is 1. The average molecular weight is 207 g/mol. The van der Waals surface area contributed by atoms with Crippen molar-refractivity contribution in [1.82, 2.24) is 4.98 Å². The van der Waals surface area contributed by atoms with Gasteiger partial charge in [0.1, 0.15) is 5.03 Å². The molecule has 1 aromatic heterocycles. The van der Waals surface area contributed by atoms with Crippen LogP contribution in [0.5, 0.6) is 0 Å². The Morgan fingerprint density at radius 3 is 2.54 bits per heavy atom. The molecule has 0 aliphatic carbocycles. The third kappa shape index (κ3) is 3.06. The largest absolute Gasteiger partial charge is 0.461 e. The second-order valence-corrected chi connectivity index (χ2v) is 3.05. The van der Waals surface area contributed by atoms with Gasteiger partial charge in [-0.15, -0.1) is 0 Å². The molecule has 0 saturated heterocycles. The van der Waals surface area contributed by atoms with Crippen LogP contribution < -0.4 is 0 Å². The summed E-state index contributed by atoms with van der Waals surface area (Å²) in [7, 11) is 0. The van der Waals surface area contributed by atoms with Crippen LogP contribution in [0.1, 0.15) is 0 Å². The second-order valence-electron chi connectivity index (χ2n) is 2.06. The van der Waals surface area contributed by atoms with Crippen molar-refractivity contribution >= 4 is 16.9 Å². The number of carbonyl (C=O) groups is 1. The van der Waals surface area contributed by atoms with Crippen molar-refractivity contribution in [3.8, 4) is 0 Å². The van der Waals surface area contributed by atoms with Crippen LogP contribution in [0.3, 0.4) is 0 Å². The van der Waals surface area contributed by atoms with E-state index in [4.69, 9.17) is 0 Å². The van der Waals surface area contributed by atoms with E-state index in [1.54, 1.807) is 6.07 Å². The Morgan fingerprint density at radius 2 is 2.08 bits per heavy atom. The molecule has 0 fully saturated rings. The van der Waals surface area contributed by atoms with Crippen LogP contribution in [0.25, 0.3) is 0 Å². The maximum atomic E-state index is 11.7. The fraction of sp³-hybridized carbons (Fsp3) is 0.143.